The van der Waals surface area contributed by atoms with E-state index in [1.54, 1.807) is 0 Å². The van der Waals surface area contributed by atoms with Crippen molar-refractivity contribution in [2.45, 2.75) is 79.2 Å². The Bertz CT molecular complexity index is 1760. The van der Waals surface area contributed by atoms with Gasteiger partial charge in [0.15, 0.2) is 8.07 Å². The van der Waals surface area contributed by atoms with E-state index in [1.165, 1.54) is 71.2 Å². The first-order valence-electron chi connectivity index (χ1n) is 17.7. The molecule has 6 rings (SSSR count). The first-order valence-corrected chi connectivity index (χ1v) is 19.7. The topological polar surface area (TPSA) is 0 Å². The fourth-order valence-corrected chi connectivity index (χ4v) is 14.2. The Hall–Kier alpha value is -4.20. The minimum atomic E-state index is -2.78. The van der Waals surface area contributed by atoms with Gasteiger partial charge in [-0.25, -0.2) is 0 Å². The highest BCUT2D eigenvalue weighted by atomic mass is 28.3. The lowest BCUT2D eigenvalue weighted by molar-refractivity contribution is 0.741. The second kappa shape index (κ2) is 13.5. The molecule has 5 aromatic rings. The predicted octanol–water partition coefficient (Wildman–Crippen LogP) is 11.7. The first kappa shape index (κ1) is 32.7. The summed E-state index contributed by atoms with van der Waals surface area (Å²) >= 11 is 0. The molecule has 0 atom stereocenters. The van der Waals surface area contributed by atoms with E-state index in [4.69, 9.17) is 0 Å². The van der Waals surface area contributed by atoms with Crippen LogP contribution in [0.5, 0.6) is 0 Å². The molecule has 0 fully saturated rings. The van der Waals surface area contributed by atoms with Crippen molar-refractivity contribution in [3.05, 3.63) is 172 Å². The van der Waals surface area contributed by atoms with Crippen LogP contribution < -0.4 is 5.19 Å². The van der Waals surface area contributed by atoms with Crippen molar-refractivity contribution in [1.29, 1.82) is 0 Å². The molecule has 0 nitrogen and oxygen atoms in total. The standard InChI is InChI=1S/C46H50Si/c1-8-33-17-25-37(26-18-33)42-43(38-27-19-34(9-2)20-28-38)45(40-31-23-36(11-4)24-32-40)47(46(5,6)7,41-15-13-12-14-16-41)44(42)39-29-21-35(10-3)22-30-39/h12-32H,8-11H2,1-7H3. The van der Waals surface area contributed by atoms with Gasteiger partial charge in [-0.05, 0) is 102 Å². The molecule has 5 aromatic carbocycles. The normalized spacial score (nSPS) is 14.6. The van der Waals surface area contributed by atoms with E-state index in [1.807, 2.05) is 0 Å². The van der Waals surface area contributed by atoms with Gasteiger partial charge < -0.3 is 0 Å². The van der Waals surface area contributed by atoms with E-state index in [-0.39, 0.29) is 5.04 Å². The Balaban J connectivity index is 1.87. The van der Waals surface area contributed by atoms with Gasteiger partial charge in [0, 0.05) is 0 Å². The van der Waals surface area contributed by atoms with Gasteiger partial charge in [0.05, 0.1) is 0 Å². The maximum absolute atomic E-state index is 2.78. The molecule has 0 spiro atoms. The lowest BCUT2D eigenvalue weighted by Crippen LogP contribution is -2.56. The molecule has 0 saturated carbocycles. The molecule has 0 unspecified atom stereocenters. The molecular weight excluding hydrogens is 581 g/mol. The zero-order valence-corrected chi connectivity index (χ0v) is 30.5. The SMILES string of the molecule is CCc1ccc(C2=C(c3ccc(CC)cc3)[Si](c3ccccc3)(C(C)(C)C)C(c3ccc(CC)cc3)=C2c2ccc(CC)cc2)cc1. The summed E-state index contributed by atoms with van der Waals surface area (Å²) in [6, 6.07) is 49.6. The number of aryl methyl sites for hydroxylation is 4. The molecule has 0 radical (unpaired) electrons. The van der Waals surface area contributed by atoms with Gasteiger partial charge in [-0.3, -0.25) is 0 Å². The van der Waals surface area contributed by atoms with Crippen LogP contribution in [0.1, 0.15) is 93.0 Å². The van der Waals surface area contributed by atoms with Crippen molar-refractivity contribution < 1.29 is 0 Å². The summed E-state index contributed by atoms with van der Waals surface area (Å²) < 4.78 is 0. The number of allylic oxidation sites excluding steroid dienone is 2. The lowest BCUT2D eigenvalue weighted by Gasteiger charge is -2.45. The molecule has 1 aliphatic heterocycles. The number of hydrogen-bond acceptors (Lipinski definition) is 0. The molecule has 0 amide bonds. The first-order chi connectivity index (χ1) is 22.8. The molecule has 0 N–H and O–H groups in total. The highest BCUT2D eigenvalue weighted by molar-refractivity contribution is 7.23. The van der Waals surface area contributed by atoms with E-state index in [0.29, 0.717) is 0 Å². The zero-order valence-electron chi connectivity index (χ0n) is 29.5. The predicted molar refractivity (Wildman–Crippen MR) is 208 cm³/mol. The lowest BCUT2D eigenvalue weighted by atomic mass is 9.88. The van der Waals surface area contributed by atoms with E-state index in [9.17, 15) is 0 Å². The Kier molecular flexibility index (Phi) is 9.40. The van der Waals surface area contributed by atoms with Crippen molar-refractivity contribution in [3.8, 4) is 0 Å². The van der Waals surface area contributed by atoms with Gasteiger partial charge in [-0.2, -0.15) is 0 Å². The van der Waals surface area contributed by atoms with Crippen LogP contribution >= 0.6 is 0 Å². The van der Waals surface area contributed by atoms with Crippen LogP contribution in [0.3, 0.4) is 0 Å². The van der Waals surface area contributed by atoms with E-state index < -0.39 is 8.07 Å². The van der Waals surface area contributed by atoms with Crippen molar-refractivity contribution in [3.63, 3.8) is 0 Å². The van der Waals surface area contributed by atoms with Crippen molar-refractivity contribution in [1.82, 2.24) is 0 Å². The fourth-order valence-electron chi connectivity index (χ4n) is 7.84. The van der Waals surface area contributed by atoms with Crippen molar-refractivity contribution in [2.75, 3.05) is 0 Å². The van der Waals surface area contributed by atoms with Crippen LogP contribution in [0.4, 0.5) is 0 Å². The summed E-state index contributed by atoms with van der Waals surface area (Å²) in [5, 5.41) is 4.49. The van der Waals surface area contributed by atoms with Gasteiger partial charge in [-0.1, -0.05) is 176 Å². The molecule has 0 saturated heterocycles. The van der Waals surface area contributed by atoms with Gasteiger partial charge in [0.25, 0.3) is 0 Å². The van der Waals surface area contributed by atoms with Crippen molar-refractivity contribution in [2.24, 2.45) is 0 Å². The second-order valence-electron chi connectivity index (χ2n) is 14.1. The molecule has 1 heterocycles. The monoisotopic (exact) mass is 630 g/mol. The van der Waals surface area contributed by atoms with Crippen LogP contribution in [0.2, 0.25) is 5.04 Å². The maximum Gasteiger partial charge on any atom is 0.156 e. The summed E-state index contributed by atoms with van der Waals surface area (Å²) in [6.45, 7) is 16.5. The molecule has 0 bridgehead atoms. The van der Waals surface area contributed by atoms with E-state index >= 15 is 0 Å². The van der Waals surface area contributed by atoms with Crippen LogP contribution in [0, 0.1) is 0 Å². The summed E-state index contributed by atoms with van der Waals surface area (Å²) in [5.41, 5.74) is 13.6. The third-order valence-corrected chi connectivity index (χ3v) is 16.5. The Morgan fingerprint density at radius 3 is 0.957 bits per heavy atom. The number of rotatable bonds is 9. The Morgan fingerprint density at radius 2 is 0.681 bits per heavy atom. The average Bonchev–Trinajstić information content (AvgIpc) is 3.45. The summed E-state index contributed by atoms with van der Waals surface area (Å²) in [6.07, 6.45) is 4.14. The minimum absolute atomic E-state index is 0.0500. The van der Waals surface area contributed by atoms with E-state index in [2.05, 4.69) is 176 Å². The molecule has 1 aliphatic rings. The third kappa shape index (κ3) is 5.80. The number of hydrogen-bond donors (Lipinski definition) is 0. The smallest absolute Gasteiger partial charge is 0.0624 e. The average molecular weight is 631 g/mol. The third-order valence-electron chi connectivity index (χ3n) is 10.4. The van der Waals surface area contributed by atoms with Crippen LogP contribution in [-0.2, 0) is 25.7 Å². The van der Waals surface area contributed by atoms with E-state index in [0.717, 1.165) is 25.7 Å². The number of benzene rings is 5. The Morgan fingerprint density at radius 1 is 0.383 bits per heavy atom. The van der Waals surface area contributed by atoms with Crippen LogP contribution in [0.15, 0.2) is 127 Å². The molecule has 238 valence electrons. The molecular formula is C46H50Si. The quantitative estimate of drug-likeness (QED) is 0.142. The molecule has 47 heavy (non-hydrogen) atoms. The van der Waals surface area contributed by atoms with Gasteiger partial charge >= 0.3 is 0 Å². The summed E-state index contributed by atoms with van der Waals surface area (Å²) in [7, 11) is -2.78. The van der Waals surface area contributed by atoms with Crippen LogP contribution in [-0.4, -0.2) is 8.07 Å². The summed E-state index contributed by atoms with van der Waals surface area (Å²) in [4.78, 5) is 0. The van der Waals surface area contributed by atoms with Gasteiger partial charge in [0.2, 0.25) is 0 Å². The fraction of sp³-hybridized carbons (Fsp3) is 0.261. The molecule has 1 heteroatoms. The van der Waals surface area contributed by atoms with Gasteiger partial charge in [-0.15, -0.1) is 0 Å². The summed E-state index contributed by atoms with van der Waals surface area (Å²) in [5.74, 6) is 0. The minimum Gasteiger partial charge on any atom is -0.0624 e. The largest absolute Gasteiger partial charge is 0.156 e. The zero-order chi connectivity index (χ0) is 33.2. The van der Waals surface area contributed by atoms with Crippen LogP contribution in [0.25, 0.3) is 21.5 Å². The molecule has 0 aromatic heterocycles. The maximum atomic E-state index is 2.51. The van der Waals surface area contributed by atoms with Crippen molar-refractivity contribution >= 4 is 34.8 Å². The van der Waals surface area contributed by atoms with Gasteiger partial charge in [0.1, 0.15) is 0 Å². The highest BCUT2D eigenvalue weighted by Gasteiger charge is 2.58. The second-order valence-corrected chi connectivity index (χ2v) is 18.6. The highest BCUT2D eigenvalue weighted by Crippen LogP contribution is 2.62. The Labute approximate surface area is 284 Å². The molecule has 0 aliphatic carbocycles.